The molecule has 0 saturated carbocycles. The van der Waals surface area contributed by atoms with Crippen molar-refractivity contribution >= 4 is 18.3 Å². The van der Waals surface area contributed by atoms with E-state index in [1.807, 2.05) is 0 Å². The molecule has 0 spiro atoms. The molecule has 0 aromatic carbocycles. The summed E-state index contributed by atoms with van der Waals surface area (Å²) in [6, 6.07) is 2.06. The van der Waals surface area contributed by atoms with Crippen LogP contribution in [-0.2, 0) is 14.4 Å². The first-order valence-corrected chi connectivity index (χ1v) is 13.0. The average molecular weight is 361 g/mol. The second kappa shape index (κ2) is 8.10. The Morgan fingerprint density at radius 1 is 1.30 bits per heavy atom. The Morgan fingerprint density at radius 2 is 1.96 bits per heavy atom. The molecule has 0 radical (unpaired) electrons. The minimum Gasteiger partial charge on any atom is -0.413 e. The van der Waals surface area contributed by atoms with Gasteiger partial charge in [0.15, 0.2) is 8.32 Å². The Bertz CT molecular complexity index is 520. The van der Waals surface area contributed by atoms with Gasteiger partial charge in [0.05, 0.1) is 17.9 Å². The van der Waals surface area contributed by atoms with Crippen molar-refractivity contribution < 1.29 is 12.8 Å². The minimum absolute atomic E-state index is 0.0125. The van der Waals surface area contributed by atoms with E-state index < -0.39 is 18.3 Å². The zero-order valence-corrected chi connectivity index (χ0v) is 17.1. The minimum atomic E-state index is -3.23. The van der Waals surface area contributed by atoms with Crippen LogP contribution in [0.1, 0.15) is 52.9 Å². The maximum Gasteiger partial charge on any atom is 0.214 e. The molecule has 0 bridgehead atoms. The largest absolute Gasteiger partial charge is 0.413 e. The van der Waals surface area contributed by atoms with Gasteiger partial charge in [0.2, 0.25) is 10.0 Å². The molecule has 0 unspecified atom stereocenters. The summed E-state index contributed by atoms with van der Waals surface area (Å²) < 4.78 is 32.9. The Morgan fingerprint density at radius 3 is 2.52 bits per heavy atom. The predicted molar refractivity (Wildman–Crippen MR) is 96.1 cm³/mol. The number of rotatable bonds is 7. The lowest BCUT2D eigenvalue weighted by molar-refractivity contribution is 0.115. The lowest BCUT2D eigenvalue weighted by Gasteiger charge is -2.42. The summed E-state index contributed by atoms with van der Waals surface area (Å²) in [6.07, 6.45) is 3.43. The maximum atomic E-state index is 12.5. The van der Waals surface area contributed by atoms with Crippen LogP contribution in [0.5, 0.6) is 0 Å². The first kappa shape index (κ1) is 20.6. The molecule has 1 aliphatic rings. The number of hydrogen-bond acceptors (Lipinski definition) is 4. The molecule has 1 atom stereocenters. The van der Waals surface area contributed by atoms with Crippen LogP contribution in [0.3, 0.4) is 0 Å². The Kier molecular flexibility index (Phi) is 7.27. The van der Waals surface area contributed by atoms with E-state index in [0.717, 1.165) is 12.8 Å². The van der Waals surface area contributed by atoms with Crippen molar-refractivity contribution in [3.05, 3.63) is 0 Å². The number of piperidine rings is 1. The van der Waals surface area contributed by atoms with Crippen molar-refractivity contribution in [2.45, 2.75) is 77.1 Å². The summed E-state index contributed by atoms with van der Waals surface area (Å²) in [5.74, 6) is 0.140. The first-order valence-electron chi connectivity index (χ1n) is 8.52. The third kappa shape index (κ3) is 6.18. The van der Waals surface area contributed by atoms with Gasteiger partial charge in [-0.1, -0.05) is 20.8 Å². The lowest BCUT2D eigenvalue weighted by Crippen LogP contribution is -2.50. The van der Waals surface area contributed by atoms with Gasteiger partial charge < -0.3 is 4.43 Å². The molecule has 1 rings (SSSR count). The van der Waals surface area contributed by atoms with Crippen LogP contribution in [0.15, 0.2) is 0 Å². The summed E-state index contributed by atoms with van der Waals surface area (Å²) in [6.45, 7) is 12.1. The van der Waals surface area contributed by atoms with Gasteiger partial charge in [0.25, 0.3) is 0 Å². The van der Waals surface area contributed by atoms with Gasteiger partial charge in [0.1, 0.15) is 0 Å². The number of nitrogens with zero attached hydrogens (tertiary/aromatic N) is 2. The molecule has 1 heterocycles. The Hall–Kier alpha value is -0.423. The molecular formula is C16H32N2O3SSi. The lowest BCUT2D eigenvalue weighted by atomic mass is 10.1. The van der Waals surface area contributed by atoms with Gasteiger partial charge in [-0.3, -0.25) is 0 Å². The quantitative estimate of drug-likeness (QED) is 0.514. The standard InChI is InChI=1S/C16H32N2O3SSi/c1-16(2,3)23(4,5)21-15-10-9-12-18(14-15)22(19,20)13-8-6-7-11-17/h15H,6-10,12-14H2,1-5H3/t15-/m0/s1. The molecule has 23 heavy (non-hydrogen) atoms. The second-order valence-corrected chi connectivity index (χ2v) is 14.8. The van der Waals surface area contributed by atoms with E-state index in [1.165, 1.54) is 0 Å². The first-order chi connectivity index (χ1) is 10.5. The zero-order chi connectivity index (χ0) is 17.7. The zero-order valence-electron chi connectivity index (χ0n) is 15.3. The molecule has 0 amide bonds. The molecule has 0 aliphatic carbocycles. The monoisotopic (exact) mass is 360 g/mol. The number of nitriles is 1. The van der Waals surface area contributed by atoms with Crippen molar-refractivity contribution in [3.8, 4) is 6.07 Å². The van der Waals surface area contributed by atoms with Crippen LogP contribution in [0.2, 0.25) is 18.1 Å². The van der Waals surface area contributed by atoms with Gasteiger partial charge in [0, 0.05) is 19.5 Å². The average Bonchev–Trinajstić information content (AvgIpc) is 2.42. The van der Waals surface area contributed by atoms with E-state index in [1.54, 1.807) is 4.31 Å². The van der Waals surface area contributed by atoms with E-state index in [4.69, 9.17) is 9.69 Å². The highest BCUT2D eigenvalue weighted by molar-refractivity contribution is 7.89. The van der Waals surface area contributed by atoms with E-state index in [-0.39, 0.29) is 16.9 Å². The number of unbranched alkanes of at least 4 members (excludes halogenated alkanes) is 2. The third-order valence-corrected chi connectivity index (χ3v) is 11.4. The molecule has 1 aliphatic heterocycles. The summed E-state index contributed by atoms with van der Waals surface area (Å²) in [4.78, 5) is 0. The fraction of sp³-hybridized carbons (Fsp3) is 0.938. The molecule has 0 aromatic heterocycles. The van der Waals surface area contributed by atoms with Gasteiger partial charge in [-0.2, -0.15) is 9.57 Å². The van der Waals surface area contributed by atoms with Gasteiger partial charge in [-0.15, -0.1) is 0 Å². The molecular weight excluding hydrogens is 328 g/mol. The number of sulfonamides is 1. The smallest absolute Gasteiger partial charge is 0.214 e. The van der Waals surface area contributed by atoms with E-state index in [9.17, 15) is 8.42 Å². The van der Waals surface area contributed by atoms with Gasteiger partial charge >= 0.3 is 0 Å². The Labute approximate surface area is 143 Å². The second-order valence-electron chi connectivity index (χ2n) is 7.93. The fourth-order valence-electron chi connectivity index (χ4n) is 2.46. The van der Waals surface area contributed by atoms with Crippen LogP contribution >= 0.6 is 0 Å². The van der Waals surface area contributed by atoms with E-state index in [2.05, 4.69) is 39.9 Å². The molecule has 134 valence electrons. The van der Waals surface area contributed by atoms with Crippen LogP contribution in [0.25, 0.3) is 0 Å². The summed E-state index contributed by atoms with van der Waals surface area (Å²) >= 11 is 0. The molecule has 0 aromatic rings. The molecule has 0 N–H and O–H groups in total. The highest BCUT2D eigenvalue weighted by Crippen LogP contribution is 2.38. The van der Waals surface area contributed by atoms with Crippen molar-refractivity contribution in [3.63, 3.8) is 0 Å². The maximum absolute atomic E-state index is 12.5. The molecule has 1 saturated heterocycles. The SMILES string of the molecule is CC(C)(C)[Si](C)(C)O[C@H]1CCCN(S(=O)(=O)CCCCC#N)C1. The van der Waals surface area contributed by atoms with E-state index in [0.29, 0.717) is 32.4 Å². The summed E-state index contributed by atoms with van der Waals surface area (Å²) in [5.41, 5.74) is 0. The third-order valence-electron chi connectivity index (χ3n) is 4.94. The van der Waals surface area contributed by atoms with Gasteiger partial charge in [-0.05, 0) is 43.8 Å². The summed E-state index contributed by atoms with van der Waals surface area (Å²) in [7, 11) is -5.10. The normalized spacial score (nSPS) is 21.1. The predicted octanol–water partition coefficient (Wildman–Crippen LogP) is 3.50. The van der Waals surface area contributed by atoms with Crippen molar-refractivity contribution in [1.82, 2.24) is 4.31 Å². The topological polar surface area (TPSA) is 70.4 Å². The van der Waals surface area contributed by atoms with Crippen LogP contribution in [0.4, 0.5) is 0 Å². The highest BCUT2D eigenvalue weighted by atomic mass is 32.2. The van der Waals surface area contributed by atoms with Crippen molar-refractivity contribution in [1.29, 1.82) is 5.26 Å². The van der Waals surface area contributed by atoms with Crippen LogP contribution in [-0.4, -0.2) is 46.0 Å². The van der Waals surface area contributed by atoms with Crippen molar-refractivity contribution in [2.24, 2.45) is 0 Å². The van der Waals surface area contributed by atoms with Crippen LogP contribution < -0.4 is 0 Å². The summed E-state index contributed by atoms with van der Waals surface area (Å²) in [5, 5.41) is 8.66. The number of hydrogen-bond donors (Lipinski definition) is 0. The van der Waals surface area contributed by atoms with Gasteiger partial charge in [-0.25, -0.2) is 8.42 Å². The van der Waals surface area contributed by atoms with E-state index >= 15 is 0 Å². The molecule has 5 nitrogen and oxygen atoms in total. The van der Waals surface area contributed by atoms with Crippen molar-refractivity contribution in [2.75, 3.05) is 18.8 Å². The Balaban J connectivity index is 2.62. The highest BCUT2D eigenvalue weighted by Gasteiger charge is 2.40. The fourth-order valence-corrected chi connectivity index (χ4v) is 5.47. The molecule has 1 fully saturated rings. The van der Waals surface area contributed by atoms with Crippen LogP contribution in [0, 0.1) is 11.3 Å². The molecule has 7 heteroatoms.